The van der Waals surface area contributed by atoms with E-state index in [9.17, 15) is 0 Å². The molecule has 0 radical (unpaired) electrons. The molecule has 0 spiro atoms. The third-order valence-electron chi connectivity index (χ3n) is 2.76. The summed E-state index contributed by atoms with van der Waals surface area (Å²) in [5.74, 6) is 0. The van der Waals surface area contributed by atoms with Gasteiger partial charge < -0.3 is 10.5 Å². The van der Waals surface area contributed by atoms with Crippen LogP contribution in [0.1, 0.15) is 23.5 Å². The van der Waals surface area contributed by atoms with Crippen LogP contribution >= 0.6 is 11.3 Å². The highest BCUT2D eigenvalue weighted by molar-refractivity contribution is 7.09. The van der Waals surface area contributed by atoms with Crippen LogP contribution in [0.15, 0.2) is 29.9 Å². The van der Waals surface area contributed by atoms with Gasteiger partial charge in [0.25, 0.3) is 0 Å². The summed E-state index contributed by atoms with van der Waals surface area (Å²) in [6, 6.07) is 4.14. The van der Waals surface area contributed by atoms with Gasteiger partial charge >= 0.3 is 0 Å². The summed E-state index contributed by atoms with van der Waals surface area (Å²) in [5.41, 5.74) is 7.02. The van der Waals surface area contributed by atoms with E-state index in [2.05, 4.69) is 22.6 Å². The molecule has 2 rings (SSSR count). The first-order valence-corrected chi connectivity index (χ1v) is 6.93. The molecule has 0 bridgehead atoms. The summed E-state index contributed by atoms with van der Waals surface area (Å²) >= 11 is 1.76. The fourth-order valence-corrected chi connectivity index (χ4v) is 2.57. The molecule has 2 atom stereocenters. The summed E-state index contributed by atoms with van der Waals surface area (Å²) in [7, 11) is 1.90. The fourth-order valence-electron chi connectivity index (χ4n) is 1.88. The first kappa shape index (κ1) is 13.3. The Kier molecular flexibility index (Phi) is 4.52. The normalized spacial score (nSPS) is 14.6. The zero-order valence-corrected chi connectivity index (χ0v) is 11.6. The number of nitrogens with two attached hydrogens (primary N) is 1. The smallest absolute Gasteiger partial charge is 0.100 e. The van der Waals surface area contributed by atoms with Crippen molar-refractivity contribution in [1.29, 1.82) is 0 Å². The number of hydrogen-bond acceptors (Lipinski definition) is 4. The molecule has 2 unspecified atom stereocenters. The summed E-state index contributed by atoms with van der Waals surface area (Å²) in [6.07, 6.45) is 4.62. The van der Waals surface area contributed by atoms with Crippen molar-refractivity contribution in [3.05, 3.63) is 40.3 Å². The summed E-state index contributed by atoms with van der Waals surface area (Å²) in [4.78, 5) is 1.34. The molecule has 2 aromatic heterocycles. The number of rotatable bonds is 6. The van der Waals surface area contributed by atoms with Crippen LogP contribution in [-0.2, 0) is 18.2 Å². The lowest BCUT2D eigenvalue weighted by atomic mass is 10.1. The van der Waals surface area contributed by atoms with Crippen molar-refractivity contribution >= 4 is 11.3 Å². The van der Waals surface area contributed by atoms with Crippen LogP contribution in [0, 0.1) is 0 Å². The molecular formula is C13H19N3OS. The third-order valence-corrected chi connectivity index (χ3v) is 3.69. The Morgan fingerprint density at radius 2 is 2.39 bits per heavy atom. The maximum absolute atomic E-state index is 5.98. The standard InChI is InChI=1S/C13H19N3OS/c1-10(14)13(11-8-15-16(2)9-11)17-6-5-12-4-3-7-18-12/h3-4,7-10,13H,5-6,14H2,1-2H3. The number of hydrogen-bond donors (Lipinski definition) is 1. The second-order valence-electron chi connectivity index (χ2n) is 4.43. The van der Waals surface area contributed by atoms with Gasteiger partial charge in [0.1, 0.15) is 6.10 Å². The lowest BCUT2D eigenvalue weighted by Crippen LogP contribution is -2.27. The molecule has 0 amide bonds. The first-order chi connectivity index (χ1) is 8.66. The van der Waals surface area contributed by atoms with Gasteiger partial charge in [-0.1, -0.05) is 6.07 Å². The Bertz CT molecular complexity index is 464. The van der Waals surface area contributed by atoms with E-state index in [1.165, 1.54) is 4.88 Å². The Balaban J connectivity index is 1.91. The molecule has 2 heterocycles. The van der Waals surface area contributed by atoms with Gasteiger partial charge in [0.2, 0.25) is 0 Å². The van der Waals surface area contributed by atoms with Crippen molar-refractivity contribution in [1.82, 2.24) is 9.78 Å². The Morgan fingerprint density at radius 3 is 2.94 bits per heavy atom. The maximum Gasteiger partial charge on any atom is 0.100 e. The molecule has 4 nitrogen and oxygen atoms in total. The van der Waals surface area contributed by atoms with Crippen molar-refractivity contribution in [2.75, 3.05) is 6.61 Å². The average Bonchev–Trinajstić information content (AvgIpc) is 2.95. The topological polar surface area (TPSA) is 53.1 Å². The van der Waals surface area contributed by atoms with Gasteiger partial charge in [0.05, 0.1) is 12.8 Å². The molecule has 0 fully saturated rings. The van der Waals surface area contributed by atoms with Gasteiger partial charge in [-0.3, -0.25) is 4.68 Å². The van der Waals surface area contributed by atoms with Crippen LogP contribution in [0.2, 0.25) is 0 Å². The minimum Gasteiger partial charge on any atom is -0.371 e. The zero-order valence-electron chi connectivity index (χ0n) is 10.7. The minimum atomic E-state index is -0.0846. The predicted octanol–water partition coefficient (Wildman–Crippen LogP) is 2.13. The molecule has 2 aromatic rings. The summed E-state index contributed by atoms with van der Waals surface area (Å²) in [5, 5.41) is 6.24. The molecule has 98 valence electrons. The van der Waals surface area contributed by atoms with Crippen LogP contribution in [0.3, 0.4) is 0 Å². The van der Waals surface area contributed by atoms with E-state index in [0.717, 1.165) is 12.0 Å². The van der Waals surface area contributed by atoms with E-state index in [1.807, 2.05) is 26.4 Å². The van der Waals surface area contributed by atoms with Crippen molar-refractivity contribution in [3.8, 4) is 0 Å². The van der Waals surface area contributed by atoms with Gasteiger partial charge in [0, 0.05) is 36.1 Å². The van der Waals surface area contributed by atoms with Crippen molar-refractivity contribution in [2.24, 2.45) is 12.8 Å². The first-order valence-electron chi connectivity index (χ1n) is 6.05. The van der Waals surface area contributed by atoms with Crippen molar-refractivity contribution in [2.45, 2.75) is 25.5 Å². The maximum atomic E-state index is 5.98. The quantitative estimate of drug-likeness (QED) is 0.870. The largest absolute Gasteiger partial charge is 0.371 e. The molecule has 5 heteroatoms. The molecule has 2 N–H and O–H groups in total. The molecule has 0 aliphatic rings. The van der Waals surface area contributed by atoms with Gasteiger partial charge in [-0.05, 0) is 18.4 Å². The second-order valence-corrected chi connectivity index (χ2v) is 5.46. The Hall–Kier alpha value is -1.17. The van der Waals surface area contributed by atoms with Gasteiger partial charge in [-0.25, -0.2) is 0 Å². The highest BCUT2D eigenvalue weighted by Crippen LogP contribution is 2.20. The molecule has 0 aromatic carbocycles. The van der Waals surface area contributed by atoms with Gasteiger partial charge in [-0.2, -0.15) is 5.10 Å². The van der Waals surface area contributed by atoms with E-state index in [0.29, 0.717) is 6.61 Å². The van der Waals surface area contributed by atoms with E-state index in [1.54, 1.807) is 16.0 Å². The van der Waals surface area contributed by atoms with E-state index in [-0.39, 0.29) is 12.1 Å². The monoisotopic (exact) mass is 265 g/mol. The van der Waals surface area contributed by atoms with Crippen LogP contribution in [0.5, 0.6) is 0 Å². The SMILES string of the molecule is CC(N)C(OCCc1cccs1)c1cnn(C)c1. The molecule has 0 aliphatic heterocycles. The van der Waals surface area contributed by atoms with Crippen LogP contribution < -0.4 is 5.73 Å². The molecule has 0 aliphatic carbocycles. The number of ether oxygens (including phenoxy) is 1. The number of nitrogens with zero attached hydrogens (tertiary/aromatic N) is 2. The number of thiophene rings is 1. The second kappa shape index (κ2) is 6.13. The zero-order chi connectivity index (χ0) is 13.0. The summed E-state index contributed by atoms with van der Waals surface area (Å²) < 4.78 is 7.68. The predicted molar refractivity (Wildman–Crippen MR) is 73.6 cm³/mol. The summed E-state index contributed by atoms with van der Waals surface area (Å²) in [6.45, 7) is 2.64. The van der Waals surface area contributed by atoms with E-state index in [4.69, 9.17) is 10.5 Å². The lowest BCUT2D eigenvalue weighted by Gasteiger charge is -2.20. The van der Waals surface area contributed by atoms with Gasteiger partial charge in [-0.15, -0.1) is 11.3 Å². The lowest BCUT2D eigenvalue weighted by molar-refractivity contribution is 0.0406. The Labute approximate surface area is 111 Å². The Morgan fingerprint density at radius 1 is 1.56 bits per heavy atom. The van der Waals surface area contributed by atoms with E-state index >= 15 is 0 Å². The third kappa shape index (κ3) is 3.41. The number of aryl methyl sites for hydroxylation is 1. The van der Waals surface area contributed by atoms with Gasteiger partial charge in [0.15, 0.2) is 0 Å². The molecule has 0 saturated heterocycles. The highest BCUT2D eigenvalue weighted by Gasteiger charge is 2.18. The van der Waals surface area contributed by atoms with Crippen molar-refractivity contribution < 1.29 is 4.74 Å². The number of aromatic nitrogens is 2. The average molecular weight is 265 g/mol. The highest BCUT2D eigenvalue weighted by atomic mass is 32.1. The molecule has 18 heavy (non-hydrogen) atoms. The van der Waals surface area contributed by atoms with E-state index < -0.39 is 0 Å². The van der Waals surface area contributed by atoms with Crippen LogP contribution in [-0.4, -0.2) is 22.4 Å². The molecular weight excluding hydrogens is 246 g/mol. The van der Waals surface area contributed by atoms with Crippen LogP contribution in [0.4, 0.5) is 0 Å². The van der Waals surface area contributed by atoms with Crippen LogP contribution in [0.25, 0.3) is 0 Å². The minimum absolute atomic E-state index is 0.0439. The van der Waals surface area contributed by atoms with Crippen molar-refractivity contribution in [3.63, 3.8) is 0 Å². The molecule has 0 saturated carbocycles. The fraction of sp³-hybridized carbons (Fsp3) is 0.462.